The van der Waals surface area contributed by atoms with Crippen LogP contribution in [-0.2, 0) is 0 Å². The molecule has 0 aliphatic carbocycles. The van der Waals surface area contributed by atoms with Gasteiger partial charge in [0.15, 0.2) is 0 Å². The molecule has 0 heterocycles. The van der Waals surface area contributed by atoms with Gasteiger partial charge in [0.25, 0.3) is 0 Å². The van der Waals surface area contributed by atoms with Crippen molar-refractivity contribution in [2.45, 2.75) is 62.3 Å². The van der Waals surface area contributed by atoms with Gasteiger partial charge in [-0.15, -0.1) is 24.2 Å². The second-order valence-electron chi connectivity index (χ2n) is 5.63. The van der Waals surface area contributed by atoms with E-state index >= 15 is 0 Å². The smallest absolute Gasteiger partial charge is 0.0733 e. The van der Waals surface area contributed by atoms with Crippen molar-refractivity contribution in [3.63, 3.8) is 0 Å². The van der Waals surface area contributed by atoms with Crippen molar-refractivity contribution in [2.24, 2.45) is 5.73 Å². The molecule has 1 rings (SSSR count). The van der Waals surface area contributed by atoms with Crippen LogP contribution >= 0.6 is 24.2 Å². The fraction of sp³-hybridized carbons (Fsp3) is 0.600. The normalized spacial score (nSPS) is 14.6. The highest BCUT2D eigenvalue weighted by Crippen LogP contribution is 2.36. The molecular weight excluding hydrogens is 278 g/mol. The van der Waals surface area contributed by atoms with Gasteiger partial charge < -0.3 is 10.8 Å². The van der Waals surface area contributed by atoms with Crippen molar-refractivity contribution in [1.82, 2.24) is 0 Å². The molecule has 0 aliphatic heterocycles. The van der Waals surface area contributed by atoms with E-state index in [0.717, 1.165) is 18.4 Å². The zero-order valence-corrected chi connectivity index (χ0v) is 13.9. The SMILES string of the molecule is CCC[C@@H](O)[C@@H](N)c1ccccc1SC(C)(C)C.Cl. The van der Waals surface area contributed by atoms with Gasteiger partial charge in [-0.25, -0.2) is 0 Å². The molecule has 110 valence electrons. The van der Waals surface area contributed by atoms with E-state index in [0.29, 0.717) is 0 Å². The first-order valence-electron chi connectivity index (χ1n) is 6.56. The van der Waals surface area contributed by atoms with Gasteiger partial charge in [0.2, 0.25) is 0 Å². The first-order chi connectivity index (χ1) is 8.35. The first kappa shape index (κ1) is 18.8. The number of aliphatic hydroxyl groups is 1. The average Bonchev–Trinajstić information content (AvgIpc) is 2.27. The van der Waals surface area contributed by atoms with E-state index in [2.05, 4.69) is 33.8 Å². The fourth-order valence-corrected chi connectivity index (χ4v) is 2.99. The molecule has 0 saturated heterocycles. The molecule has 3 N–H and O–H groups in total. The van der Waals surface area contributed by atoms with Crippen LogP contribution in [0, 0.1) is 0 Å². The van der Waals surface area contributed by atoms with Crippen LogP contribution in [0.4, 0.5) is 0 Å². The minimum atomic E-state index is -0.461. The lowest BCUT2D eigenvalue weighted by molar-refractivity contribution is 0.133. The molecule has 0 bridgehead atoms. The Kier molecular flexibility index (Phi) is 8.06. The monoisotopic (exact) mass is 303 g/mol. The second-order valence-corrected chi connectivity index (χ2v) is 7.50. The third-order valence-electron chi connectivity index (χ3n) is 2.69. The third-order valence-corrected chi connectivity index (χ3v) is 3.90. The molecule has 0 amide bonds. The van der Waals surface area contributed by atoms with Gasteiger partial charge in [0.05, 0.1) is 12.1 Å². The van der Waals surface area contributed by atoms with Gasteiger partial charge in [-0.05, 0) is 18.1 Å². The topological polar surface area (TPSA) is 46.2 Å². The standard InChI is InChI=1S/C15H25NOS.ClH/c1-5-8-12(17)14(16)11-9-6-7-10-13(11)18-15(2,3)4;/h6-7,9-10,12,14,17H,5,8,16H2,1-4H3;1H/t12-,14+;/m1./s1. The highest BCUT2D eigenvalue weighted by atomic mass is 35.5. The molecule has 0 saturated carbocycles. The maximum absolute atomic E-state index is 10.1. The zero-order chi connectivity index (χ0) is 13.8. The van der Waals surface area contributed by atoms with Crippen molar-refractivity contribution >= 4 is 24.2 Å². The van der Waals surface area contributed by atoms with Crippen LogP contribution < -0.4 is 5.73 Å². The van der Waals surface area contributed by atoms with E-state index in [4.69, 9.17) is 5.73 Å². The molecule has 0 spiro atoms. The number of benzene rings is 1. The Morgan fingerprint density at radius 2 is 1.84 bits per heavy atom. The van der Waals surface area contributed by atoms with Crippen molar-refractivity contribution in [3.05, 3.63) is 29.8 Å². The van der Waals surface area contributed by atoms with Crippen LogP contribution in [0.15, 0.2) is 29.2 Å². The lowest BCUT2D eigenvalue weighted by atomic mass is 9.99. The van der Waals surface area contributed by atoms with Crippen LogP contribution in [0.5, 0.6) is 0 Å². The molecule has 0 unspecified atom stereocenters. The van der Waals surface area contributed by atoms with Gasteiger partial charge in [-0.2, -0.15) is 0 Å². The summed E-state index contributed by atoms with van der Waals surface area (Å²) in [6.07, 6.45) is 1.23. The summed E-state index contributed by atoms with van der Waals surface area (Å²) >= 11 is 1.80. The third kappa shape index (κ3) is 6.17. The van der Waals surface area contributed by atoms with E-state index in [-0.39, 0.29) is 23.2 Å². The maximum atomic E-state index is 10.1. The van der Waals surface area contributed by atoms with Crippen LogP contribution in [0.25, 0.3) is 0 Å². The Balaban J connectivity index is 0.00000324. The largest absolute Gasteiger partial charge is 0.391 e. The molecule has 0 aromatic heterocycles. The molecule has 0 radical (unpaired) electrons. The summed E-state index contributed by atoms with van der Waals surface area (Å²) in [6, 6.07) is 7.83. The predicted molar refractivity (Wildman–Crippen MR) is 87.1 cm³/mol. The van der Waals surface area contributed by atoms with E-state index in [1.807, 2.05) is 18.2 Å². The van der Waals surface area contributed by atoms with Crippen molar-refractivity contribution in [1.29, 1.82) is 0 Å². The highest BCUT2D eigenvalue weighted by Gasteiger charge is 2.21. The van der Waals surface area contributed by atoms with E-state index in [1.54, 1.807) is 11.8 Å². The molecule has 0 aliphatic rings. The van der Waals surface area contributed by atoms with E-state index in [9.17, 15) is 5.11 Å². The van der Waals surface area contributed by atoms with Crippen LogP contribution in [-0.4, -0.2) is 16.0 Å². The summed E-state index contributed by atoms with van der Waals surface area (Å²) in [5.41, 5.74) is 7.23. The molecule has 0 fully saturated rings. The predicted octanol–water partition coefficient (Wildman–Crippen LogP) is 4.16. The Hall–Kier alpha value is -0.220. The quantitative estimate of drug-likeness (QED) is 0.803. The molecule has 2 atom stereocenters. The minimum Gasteiger partial charge on any atom is -0.391 e. The number of halogens is 1. The number of rotatable bonds is 5. The summed E-state index contributed by atoms with van der Waals surface area (Å²) in [5.74, 6) is 0. The summed E-state index contributed by atoms with van der Waals surface area (Å²) in [5, 5.41) is 10.1. The highest BCUT2D eigenvalue weighted by molar-refractivity contribution is 8.00. The molecule has 4 heteroatoms. The van der Waals surface area contributed by atoms with Crippen LogP contribution in [0.1, 0.15) is 52.1 Å². The van der Waals surface area contributed by atoms with E-state index in [1.165, 1.54) is 4.90 Å². The lowest BCUT2D eigenvalue weighted by Crippen LogP contribution is -2.26. The molecule has 1 aromatic carbocycles. The van der Waals surface area contributed by atoms with Crippen LogP contribution in [0.2, 0.25) is 0 Å². The number of aliphatic hydroxyl groups excluding tert-OH is 1. The Bertz CT molecular complexity index is 379. The molecule has 1 aromatic rings. The maximum Gasteiger partial charge on any atom is 0.0733 e. The summed E-state index contributed by atoms with van der Waals surface area (Å²) < 4.78 is 0.144. The van der Waals surface area contributed by atoms with Gasteiger partial charge in [-0.1, -0.05) is 52.3 Å². The number of hydrogen-bond acceptors (Lipinski definition) is 3. The van der Waals surface area contributed by atoms with Crippen LogP contribution in [0.3, 0.4) is 0 Å². The fourth-order valence-electron chi connectivity index (χ4n) is 1.86. The first-order valence-corrected chi connectivity index (χ1v) is 7.38. The minimum absolute atomic E-state index is 0. The summed E-state index contributed by atoms with van der Waals surface area (Å²) in [7, 11) is 0. The van der Waals surface area contributed by atoms with Gasteiger partial charge in [0.1, 0.15) is 0 Å². The Labute approximate surface area is 127 Å². The second kappa shape index (κ2) is 8.15. The lowest BCUT2D eigenvalue weighted by Gasteiger charge is -2.24. The number of thioether (sulfide) groups is 1. The average molecular weight is 304 g/mol. The Morgan fingerprint density at radius 3 is 2.37 bits per heavy atom. The summed E-state index contributed by atoms with van der Waals surface area (Å²) in [6.45, 7) is 8.61. The summed E-state index contributed by atoms with van der Waals surface area (Å²) in [4.78, 5) is 1.17. The molecule has 19 heavy (non-hydrogen) atoms. The number of hydrogen-bond donors (Lipinski definition) is 2. The van der Waals surface area contributed by atoms with Crippen molar-refractivity contribution < 1.29 is 5.11 Å². The zero-order valence-electron chi connectivity index (χ0n) is 12.2. The van der Waals surface area contributed by atoms with Gasteiger partial charge in [0, 0.05) is 9.64 Å². The van der Waals surface area contributed by atoms with Crippen molar-refractivity contribution in [3.8, 4) is 0 Å². The Morgan fingerprint density at radius 1 is 1.26 bits per heavy atom. The van der Waals surface area contributed by atoms with Gasteiger partial charge in [-0.3, -0.25) is 0 Å². The van der Waals surface area contributed by atoms with Crippen molar-refractivity contribution in [2.75, 3.05) is 0 Å². The van der Waals surface area contributed by atoms with E-state index < -0.39 is 6.10 Å². The molecular formula is C15H26ClNOS. The number of nitrogens with two attached hydrogens (primary N) is 1. The van der Waals surface area contributed by atoms with Gasteiger partial charge >= 0.3 is 0 Å². The molecule has 2 nitrogen and oxygen atoms in total.